The van der Waals surface area contributed by atoms with Gasteiger partial charge in [0, 0.05) is 25.5 Å². The molecule has 1 aliphatic heterocycles. The number of aromatic nitrogens is 2. The van der Waals surface area contributed by atoms with Crippen molar-refractivity contribution in [2.75, 3.05) is 13.2 Å². The molecule has 4 rings (SSSR count). The molecule has 0 bridgehead atoms. The zero-order chi connectivity index (χ0) is 18.8. The van der Waals surface area contributed by atoms with E-state index < -0.39 is 0 Å². The molecule has 136 valence electrons. The molecule has 1 aromatic carbocycles. The molecule has 0 saturated heterocycles. The number of amides is 1. The third kappa shape index (κ3) is 3.46. The summed E-state index contributed by atoms with van der Waals surface area (Å²) in [4.78, 5) is 31.1. The van der Waals surface area contributed by atoms with E-state index in [0.717, 1.165) is 16.8 Å². The van der Waals surface area contributed by atoms with Gasteiger partial charge in [0.2, 0.25) is 0 Å². The molecule has 0 fully saturated rings. The number of carbonyl (C=O) groups is 1. The average molecular weight is 361 g/mol. The highest BCUT2D eigenvalue weighted by Crippen LogP contribution is 2.29. The van der Waals surface area contributed by atoms with Crippen molar-refractivity contribution in [2.45, 2.75) is 6.54 Å². The quantitative estimate of drug-likeness (QED) is 0.719. The summed E-state index contributed by atoms with van der Waals surface area (Å²) in [6.07, 6.45) is 3.44. The van der Waals surface area contributed by atoms with Crippen LogP contribution >= 0.6 is 0 Å². The molecular weight excluding hydrogens is 342 g/mol. The SMILES string of the molecule is Cn1ccc(-c2ccc3c(c2)C(=O)N(Cc2ccccn2)CCO3)cc1=O. The zero-order valence-electron chi connectivity index (χ0n) is 15.0. The topological polar surface area (TPSA) is 64.4 Å². The van der Waals surface area contributed by atoms with Crippen LogP contribution < -0.4 is 10.3 Å². The fraction of sp³-hybridized carbons (Fsp3) is 0.190. The van der Waals surface area contributed by atoms with Gasteiger partial charge in [-0.25, -0.2) is 0 Å². The van der Waals surface area contributed by atoms with E-state index in [-0.39, 0.29) is 11.5 Å². The van der Waals surface area contributed by atoms with Crippen LogP contribution in [0.3, 0.4) is 0 Å². The first-order valence-corrected chi connectivity index (χ1v) is 8.75. The second-order valence-corrected chi connectivity index (χ2v) is 6.47. The Balaban J connectivity index is 1.69. The molecule has 1 aliphatic rings. The summed E-state index contributed by atoms with van der Waals surface area (Å²) in [5, 5.41) is 0. The minimum Gasteiger partial charge on any atom is -0.491 e. The lowest BCUT2D eigenvalue weighted by Gasteiger charge is -2.19. The molecule has 6 nitrogen and oxygen atoms in total. The Labute approximate surface area is 156 Å². The predicted octanol–water partition coefficient (Wildman–Crippen LogP) is 2.48. The smallest absolute Gasteiger partial charge is 0.258 e. The van der Waals surface area contributed by atoms with Gasteiger partial charge in [0.05, 0.1) is 24.3 Å². The molecule has 0 aliphatic carbocycles. The van der Waals surface area contributed by atoms with Crippen LogP contribution in [0.4, 0.5) is 0 Å². The Morgan fingerprint density at radius 1 is 1.07 bits per heavy atom. The molecule has 0 N–H and O–H groups in total. The van der Waals surface area contributed by atoms with Crippen LogP contribution in [0.2, 0.25) is 0 Å². The molecule has 2 aromatic heterocycles. The van der Waals surface area contributed by atoms with Crippen molar-refractivity contribution in [1.29, 1.82) is 0 Å². The highest BCUT2D eigenvalue weighted by Gasteiger charge is 2.24. The highest BCUT2D eigenvalue weighted by atomic mass is 16.5. The Kier molecular flexibility index (Phi) is 4.46. The van der Waals surface area contributed by atoms with Gasteiger partial charge >= 0.3 is 0 Å². The number of ether oxygens (including phenoxy) is 1. The van der Waals surface area contributed by atoms with E-state index >= 15 is 0 Å². The number of rotatable bonds is 3. The normalized spacial score (nSPS) is 13.7. The van der Waals surface area contributed by atoms with E-state index in [2.05, 4.69) is 4.98 Å². The first kappa shape index (κ1) is 17.0. The summed E-state index contributed by atoms with van der Waals surface area (Å²) in [5.41, 5.74) is 2.82. The lowest BCUT2D eigenvalue weighted by Crippen LogP contribution is -2.32. The van der Waals surface area contributed by atoms with E-state index in [0.29, 0.717) is 31.0 Å². The number of fused-ring (bicyclic) bond motifs is 1. The Morgan fingerprint density at radius 3 is 2.70 bits per heavy atom. The van der Waals surface area contributed by atoms with Crippen molar-refractivity contribution in [1.82, 2.24) is 14.5 Å². The molecule has 3 aromatic rings. The van der Waals surface area contributed by atoms with E-state index in [4.69, 9.17) is 4.74 Å². The molecule has 0 unspecified atom stereocenters. The van der Waals surface area contributed by atoms with Crippen LogP contribution in [0.1, 0.15) is 16.1 Å². The van der Waals surface area contributed by atoms with Crippen LogP contribution in [0, 0.1) is 0 Å². The summed E-state index contributed by atoms with van der Waals surface area (Å²) in [7, 11) is 1.70. The number of hydrogen-bond acceptors (Lipinski definition) is 4. The first-order chi connectivity index (χ1) is 13.1. The van der Waals surface area contributed by atoms with E-state index in [1.807, 2.05) is 30.3 Å². The summed E-state index contributed by atoms with van der Waals surface area (Å²) < 4.78 is 7.28. The first-order valence-electron chi connectivity index (χ1n) is 8.75. The third-order valence-corrected chi connectivity index (χ3v) is 4.63. The van der Waals surface area contributed by atoms with Gasteiger partial charge in [-0.15, -0.1) is 0 Å². The Hall–Kier alpha value is -3.41. The van der Waals surface area contributed by atoms with Crippen molar-refractivity contribution in [3.8, 4) is 16.9 Å². The Bertz CT molecular complexity index is 1040. The van der Waals surface area contributed by atoms with Crippen LogP contribution in [0.25, 0.3) is 11.1 Å². The lowest BCUT2D eigenvalue weighted by atomic mass is 10.0. The summed E-state index contributed by atoms with van der Waals surface area (Å²) in [5.74, 6) is 0.468. The van der Waals surface area contributed by atoms with Crippen molar-refractivity contribution in [3.05, 3.63) is 82.5 Å². The lowest BCUT2D eigenvalue weighted by molar-refractivity contribution is 0.0741. The molecule has 27 heavy (non-hydrogen) atoms. The van der Waals surface area contributed by atoms with E-state index in [1.54, 1.807) is 42.5 Å². The molecule has 0 atom stereocenters. The number of pyridine rings is 2. The molecular formula is C21H19N3O3. The van der Waals surface area contributed by atoms with Crippen LogP contribution in [0.15, 0.2) is 65.7 Å². The monoisotopic (exact) mass is 361 g/mol. The van der Waals surface area contributed by atoms with Crippen LogP contribution in [0.5, 0.6) is 5.75 Å². The second kappa shape index (κ2) is 7.07. The van der Waals surface area contributed by atoms with E-state index in [1.165, 1.54) is 4.57 Å². The number of aryl methyl sites for hydroxylation is 1. The summed E-state index contributed by atoms with van der Waals surface area (Å²) >= 11 is 0. The van der Waals surface area contributed by atoms with Gasteiger partial charge in [0.1, 0.15) is 12.4 Å². The molecule has 3 heterocycles. The second-order valence-electron chi connectivity index (χ2n) is 6.47. The fourth-order valence-corrected chi connectivity index (χ4v) is 3.11. The molecule has 6 heteroatoms. The zero-order valence-corrected chi connectivity index (χ0v) is 15.0. The summed E-state index contributed by atoms with van der Waals surface area (Å²) in [6, 6.07) is 14.5. The minimum absolute atomic E-state index is 0.0956. The number of hydrogen-bond donors (Lipinski definition) is 0. The molecule has 0 radical (unpaired) electrons. The van der Waals surface area contributed by atoms with Gasteiger partial charge in [-0.2, -0.15) is 0 Å². The maximum Gasteiger partial charge on any atom is 0.258 e. The van der Waals surface area contributed by atoms with Crippen molar-refractivity contribution in [3.63, 3.8) is 0 Å². The number of benzene rings is 1. The molecule has 0 spiro atoms. The van der Waals surface area contributed by atoms with Crippen molar-refractivity contribution < 1.29 is 9.53 Å². The van der Waals surface area contributed by atoms with Gasteiger partial charge in [-0.05, 0) is 41.5 Å². The van der Waals surface area contributed by atoms with Gasteiger partial charge < -0.3 is 14.2 Å². The number of carbonyl (C=O) groups excluding carboxylic acids is 1. The van der Waals surface area contributed by atoms with Gasteiger partial charge in [-0.1, -0.05) is 12.1 Å². The molecule has 0 saturated carbocycles. The maximum atomic E-state index is 13.1. The van der Waals surface area contributed by atoms with Gasteiger partial charge in [0.15, 0.2) is 0 Å². The fourth-order valence-electron chi connectivity index (χ4n) is 3.11. The van der Waals surface area contributed by atoms with Crippen LogP contribution in [-0.2, 0) is 13.6 Å². The highest BCUT2D eigenvalue weighted by molar-refractivity contribution is 5.98. The third-order valence-electron chi connectivity index (χ3n) is 4.63. The van der Waals surface area contributed by atoms with E-state index in [9.17, 15) is 9.59 Å². The Morgan fingerprint density at radius 2 is 1.93 bits per heavy atom. The maximum absolute atomic E-state index is 13.1. The number of nitrogens with zero attached hydrogens (tertiary/aromatic N) is 3. The van der Waals surface area contributed by atoms with Crippen molar-refractivity contribution >= 4 is 5.91 Å². The largest absolute Gasteiger partial charge is 0.491 e. The predicted molar refractivity (Wildman–Crippen MR) is 102 cm³/mol. The molecule has 1 amide bonds. The van der Waals surface area contributed by atoms with Crippen LogP contribution in [-0.4, -0.2) is 33.5 Å². The van der Waals surface area contributed by atoms with Gasteiger partial charge in [-0.3, -0.25) is 14.6 Å². The minimum atomic E-state index is -0.0983. The van der Waals surface area contributed by atoms with Crippen molar-refractivity contribution in [2.24, 2.45) is 7.05 Å². The summed E-state index contributed by atoms with van der Waals surface area (Å²) in [6.45, 7) is 1.35. The van der Waals surface area contributed by atoms with Gasteiger partial charge in [0.25, 0.3) is 11.5 Å². The standard InChI is InChI=1S/C21H19N3O3/c1-23-9-7-16(13-20(23)25)15-5-6-19-18(12-15)21(26)24(10-11-27-19)14-17-4-2-3-8-22-17/h2-9,12-13H,10-11,14H2,1H3. The average Bonchev–Trinajstić information content (AvgIpc) is 2.84.